The zero-order valence-corrected chi connectivity index (χ0v) is 15.9. The van der Waals surface area contributed by atoms with E-state index in [-0.39, 0.29) is 23.7 Å². The maximum Gasteiger partial charge on any atom is 0.416 e. The number of alkyl halides is 3. The summed E-state index contributed by atoms with van der Waals surface area (Å²) in [5.74, 6) is 0. The molecule has 7 nitrogen and oxygen atoms in total. The first-order valence-electron chi connectivity index (χ1n) is 8.59. The molecule has 29 heavy (non-hydrogen) atoms. The third kappa shape index (κ3) is 5.25. The molecule has 0 aliphatic carbocycles. The number of ether oxygens (including phenoxy) is 1. The van der Waals surface area contributed by atoms with Gasteiger partial charge in [0.05, 0.1) is 23.7 Å². The first-order chi connectivity index (χ1) is 13.7. The molecule has 2 aromatic carbocycles. The lowest BCUT2D eigenvalue weighted by atomic mass is 10.2. The van der Waals surface area contributed by atoms with Gasteiger partial charge in [-0.05, 0) is 48.5 Å². The van der Waals surface area contributed by atoms with E-state index in [2.05, 4.69) is 10.6 Å². The molecule has 0 unspecified atom stereocenters. The highest BCUT2D eigenvalue weighted by molar-refractivity contribution is 7.89. The monoisotopic (exact) mass is 429 g/mol. The SMILES string of the molecule is O=C(Nc1ccc(C(F)(F)F)cc1)Nc1ccc(S(=O)(=O)N2CCOCC2)cc1. The minimum absolute atomic E-state index is 0.0908. The lowest BCUT2D eigenvalue weighted by Crippen LogP contribution is -2.40. The summed E-state index contributed by atoms with van der Waals surface area (Å²) in [4.78, 5) is 12.1. The lowest BCUT2D eigenvalue weighted by Gasteiger charge is -2.26. The Balaban J connectivity index is 1.61. The summed E-state index contributed by atoms with van der Waals surface area (Å²) in [6.07, 6.45) is -4.45. The Bertz CT molecular complexity index is 955. The van der Waals surface area contributed by atoms with Crippen LogP contribution in [0.3, 0.4) is 0 Å². The molecular formula is C18H18F3N3O4S. The summed E-state index contributed by atoms with van der Waals surface area (Å²) < 4.78 is 69.2. The molecule has 1 aliphatic heterocycles. The topological polar surface area (TPSA) is 87.7 Å². The molecule has 156 valence electrons. The van der Waals surface area contributed by atoms with Gasteiger partial charge in [-0.3, -0.25) is 0 Å². The quantitative estimate of drug-likeness (QED) is 0.780. The molecular weight excluding hydrogens is 411 g/mol. The van der Waals surface area contributed by atoms with Crippen molar-refractivity contribution < 1.29 is 31.1 Å². The number of carbonyl (C=O) groups excluding carboxylic acids is 1. The normalized spacial score (nSPS) is 15.7. The zero-order valence-electron chi connectivity index (χ0n) is 15.1. The van der Waals surface area contributed by atoms with Gasteiger partial charge >= 0.3 is 12.2 Å². The fraction of sp³-hybridized carbons (Fsp3) is 0.278. The van der Waals surface area contributed by atoms with Crippen LogP contribution in [0.15, 0.2) is 53.4 Å². The molecule has 0 aromatic heterocycles. The van der Waals surface area contributed by atoms with E-state index in [1.807, 2.05) is 0 Å². The van der Waals surface area contributed by atoms with Gasteiger partial charge in [0, 0.05) is 24.5 Å². The van der Waals surface area contributed by atoms with Crippen molar-refractivity contribution in [1.82, 2.24) is 4.31 Å². The number of hydrogen-bond acceptors (Lipinski definition) is 4. The average Bonchev–Trinajstić information content (AvgIpc) is 2.69. The standard InChI is InChI=1S/C18H18F3N3O4S/c19-18(20,21)13-1-3-14(4-2-13)22-17(25)23-15-5-7-16(8-6-15)29(26,27)24-9-11-28-12-10-24/h1-8H,9-12H2,(H2,22,23,25). The molecule has 1 aliphatic rings. The van der Waals surface area contributed by atoms with E-state index < -0.39 is 27.8 Å². The third-order valence-corrected chi connectivity index (χ3v) is 6.10. The van der Waals surface area contributed by atoms with Gasteiger partial charge in [0.15, 0.2) is 0 Å². The van der Waals surface area contributed by atoms with Crippen LogP contribution in [-0.2, 0) is 20.9 Å². The number of morpholine rings is 1. The molecule has 11 heteroatoms. The van der Waals surface area contributed by atoms with Crippen molar-refractivity contribution in [2.75, 3.05) is 36.9 Å². The van der Waals surface area contributed by atoms with Gasteiger partial charge in [0.2, 0.25) is 10.0 Å². The van der Waals surface area contributed by atoms with Crippen molar-refractivity contribution in [1.29, 1.82) is 0 Å². The fourth-order valence-corrected chi connectivity index (χ4v) is 4.09. The maximum absolute atomic E-state index is 12.6. The molecule has 0 bridgehead atoms. The predicted octanol–water partition coefficient (Wildman–Crippen LogP) is 3.37. The summed E-state index contributed by atoms with van der Waals surface area (Å²) >= 11 is 0. The van der Waals surface area contributed by atoms with Crippen molar-refractivity contribution in [3.63, 3.8) is 0 Å². The van der Waals surface area contributed by atoms with E-state index in [1.165, 1.54) is 28.6 Å². The van der Waals surface area contributed by atoms with Gasteiger partial charge in [0.1, 0.15) is 0 Å². The largest absolute Gasteiger partial charge is 0.416 e. The first-order valence-corrected chi connectivity index (χ1v) is 10.0. The highest BCUT2D eigenvalue weighted by Gasteiger charge is 2.30. The number of hydrogen-bond donors (Lipinski definition) is 2. The molecule has 1 fully saturated rings. The second-order valence-corrected chi connectivity index (χ2v) is 8.13. The van der Waals surface area contributed by atoms with Crippen LogP contribution < -0.4 is 10.6 Å². The van der Waals surface area contributed by atoms with Crippen LogP contribution in [0.4, 0.5) is 29.3 Å². The Kier molecular flexibility index (Phi) is 6.10. The number of carbonyl (C=O) groups is 1. The highest BCUT2D eigenvalue weighted by atomic mass is 32.2. The van der Waals surface area contributed by atoms with Crippen LogP contribution in [0.1, 0.15) is 5.56 Å². The molecule has 0 atom stereocenters. The number of urea groups is 1. The summed E-state index contributed by atoms with van der Waals surface area (Å²) in [5, 5.41) is 4.90. The molecule has 1 saturated heterocycles. The Hall–Kier alpha value is -2.63. The molecule has 2 N–H and O–H groups in total. The van der Waals surface area contributed by atoms with Crippen LogP contribution in [0.25, 0.3) is 0 Å². The third-order valence-electron chi connectivity index (χ3n) is 4.19. The van der Waals surface area contributed by atoms with E-state index in [1.54, 1.807) is 0 Å². The van der Waals surface area contributed by atoms with E-state index in [9.17, 15) is 26.4 Å². The van der Waals surface area contributed by atoms with Crippen LogP contribution in [0.2, 0.25) is 0 Å². The molecule has 0 spiro atoms. The highest BCUT2D eigenvalue weighted by Crippen LogP contribution is 2.29. The summed E-state index contributed by atoms with van der Waals surface area (Å²) in [6, 6.07) is 8.94. The zero-order chi connectivity index (χ0) is 21.1. The minimum Gasteiger partial charge on any atom is -0.379 e. The molecule has 0 radical (unpaired) electrons. The number of sulfonamides is 1. The van der Waals surface area contributed by atoms with Crippen molar-refractivity contribution in [3.05, 3.63) is 54.1 Å². The Morgan fingerprint density at radius 1 is 0.897 bits per heavy atom. The second-order valence-electron chi connectivity index (χ2n) is 6.20. The number of rotatable bonds is 4. The Morgan fingerprint density at radius 2 is 1.38 bits per heavy atom. The average molecular weight is 429 g/mol. The van der Waals surface area contributed by atoms with Gasteiger partial charge < -0.3 is 15.4 Å². The molecule has 2 amide bonds. The van der Waals surface area contributed by atoms with Crippen LogP contribution >= 0.6 is 0 Å². The van der Waals surface area contributed by atoms with Gasteiger partial charge in [-0.1, -0.05) is 0 Å². The smallest absolute Gasteiger partial charge is 0.379 e. The summed E-state index contributed by atoms with van der Waals surface area (Å²) in [7, 11) is -3.64. The van der Waals surface area contributed by atoms with E-state index in [4.69, 9.17) is 4.74 Å². The number of nitrogens with one attached hydrogen (secondary N) is 2. The summed E-state index contributed by atoms with van der Waals surface area (Å²) in [5.41, 5.74) is -0.308. The predicted molar refractivity (Wildman–Crippen MR) is 100 cm³/mol. The molecule has 3 rings (SSSR count). The minimum atomic E-state index is -4.45. The van der Waals surface area contributed by atoms with Gasteiger partial charge in [-0.15, -0.1) is 0 Å². The van der Waals surface area contributed by atoms with Crippen molar-refractivity contribution in [2.24, 2.45) is 0 Å². The number of amides is 2. The van der Waals surface area contributed by atoms with Crippen LogP contribution in [0.5, 0.6) is 0 Å². The van der Waals surface area contributed by atoms with Crippen LogP contribution in [0, 0.1) is 0 Å². The lowest BCUT2D eigenvalue weighted by molar-refractivity contribution is -0.137. The van der Waals surface area contributed by atoms with E-state index in [0.717, 1.165) is 24.3 Å². The van der Waals surface area contributed by atoms with Crippen molar-refractivity contribution >= 4 is 27.4 Å². The van der Waals surface area contributed by atoms with Gasteiger partial charge in [-0.2, -0.15) is 17.5 Å². The molecule has 1 heterocycles. The summed E-state index contributed by atoms with van der Waals surface area (Å²) in [6.45, 7) is 1.22. The van der Waals surface area contributed by atoms with Crippen LogP contribution in [-0.4, -0.2) is 45.1 Å². The maximum atomic E-state index is 12.6. The van der Waals surface area contributed by atoms with Crippen molar-refractivity contribution in [2.45, 2.75) is 11.1 Å². The Labute approximate surface area is 165 Å². The first kappa shape index (κ1) is 21.1. The van der Waals surface area contributed by atoms with E-state index >= 15 is 0 Å². The number of nitrogens with zero attached hydrogens (tertiary/aromatic N) is 1. The second kappa shape index (κ2) is 8.39. The van der Waals surface area contributed by atoms with Gasteiger partial charge in [-0.25, -0.2) is 13.2 Å². The number of benzene rings is 2. The van der Waals surface area contributed by atoms with E-state index in [0.29, 0.717) is 18.9 Å². The number of halogens is 3. The molecule has 0 saturated carbocycles. The fourth-order valence-electron chi connectivity index (χ4n) is 2.68. The van der Waals surface area contributed by atoms with Gasteiger partial charge in [0.25, 0.3) is 0 Å². The Morgan fingerprint density at radius 3 is 1.86 bits per heavy atom. The molecule has 2 aromatic rings. The number of anilines is 2. The van der Waals surface area contributed by atoms with Crippen molar-refractivity contribution in [3.8, 4) is 0 Å².